The molecule has 0 bridgehead atoms. The summed E-state index contributed by atoms with van der Waals surface area (Å²) in [6.45, 7) is 8.61. The minimum absolute atomic E-state index is 0. The topological polar surface area (TPSA) is 73.0 Å². The lowest BCUT2D eigenvalue weighted by Crippen LogP contribution is -2.53. The summed E-state index contributed by atoms with van der Waals surface area (Å²) in [5, 5.41) is 3.60. The van der Waals surface area contributed by atoms with Crippen LogP contribution in [0.1, 0.15) is 30.4 Å². The van der Waals surface area contributed by atoms with Crippen LogP contribution in [0.3, 0.4) is 0 Å². The lowest BCUT2D eigenvalue weighted by atomic mass is 10.2. The lowest BCUT2D eigenvalue weighted by molar-refractivity contribution is 0.212. The van der Waals surface area contributed by atoms with Crippen LogP contribution >= 0.6 is 24.0 Å². The second-order valence-electron chi connectivity index (χ2n) is 7.66. The first-order valence-corrected chi connectivity index (χ1v) is 10.5. The summed E-state index contributed by atoms with van der Waals surface area (Å²) in [5.74, 6) is 3.76. The number of hydrogen-bond donors (Lipinski definition) is 1. The SMILES string of the molecule is CN=C(NCC(c1ccc(C)o1)N1CCCC1)N1CCN(c2ncccn2)CC1.I. The molecular weight excluding hydrogens is 493 g/mol. The molecule has 8 nitrogen and oxygen atoms in total. The number of hydrogen-bond acceptors (Lipinski definition) is 6. The third-order valence-electron chi connectivity index (χ3n) is 5.75. The number of aromatic nitrogens is 2. The van der Waals surface area contributed by atoms with Gasteiger partial charge in [0.05, 0.1) is 6.04 Å². The van der Waals surface area contributed by atoms with Gasteiger partial charge in [0.2, 0.25) is 5.95 Å². The van der Waals surface area contributed by atoms with Crippen LogP contribution in [0.15, 0.2) is 40.0 Å². The van der Waals surface area contributed by atoms with Crippen molar-refractivity contribution in [1.82, 2.24) is 25.1 Å². The number of guanidine groups is 1. The normalized spacial score (nSPS) is 18.9. The molecule has 2 aliphatic rings. The molecule has 2 aliphatic heterocycles. The molecule has 30 heavy (non-hydrogen) atoms. The van der Waals surface area contributed by atoms with Crippen molar-refractivity contribution in [3.8, 4) is 0 Å². The van der Waals surface area contributed by atoms with Crippen LogP contribution in [-0.2, 0) is 0 Å². The molecule has 0 aromatic carbocycles. The van der Waals surface area contributed by atoms with E-state index in [4.69, 9.17) is 4.42 Å². The van der Waals surface area contributed by atoms with Crippen molar-refractivity contribution in [2.24, 2.45) is 4.99 Å². The fourth-order valence-electron chi connectivity index (χ4n) is 4.19. The molecule has 2 fully saturated rings. The standard InChI is InChI=1S/C21H31N7O.HI/c1-17-6-7-19(29-17)18(26-10-3-4-11-26)16-25-20(22-2)27-12-14-28(15-13-27)21-23-8-5-9-24-21;/h5-9,18H,3-4,10-16H2,1-2H3,(H,22,25);1H. The Bertz CT molecular complexity index is 799. The number of likely N-dealkylation sites (tertiary alicyclic amines) is 1. The van der Waals surface area contributed by atoms with E-state index >= 15 is 0 Å². The van der Waals surface area contributed by atoms with Crippen molar-refractivity contribution in [3.63, 3.8) is 0 Å². The molecule has 0 saturated carbocycles. The Kier molecular flexibility index (Phi) is 8.32. The average Bonchev–Trinajstić information content (AvgIpc) is 3.44. The fourth-order valence-corrected chi connectivity index (χ4v) is 4.19. The van der Waals surface area contributed by atoms with Crippen LogP contribution in [0.5, 0.6) is 0 Å². The average molecular weight is 525 g/mol. The van der Waals surface area contributed by atoms with Gasteiger partial charge in [-0.25, -0.2) is 9.97 Å². The Morgan fingerprint density at radius 1 is 1.10 bits per heavy atom. The fraction of sp³-hybridized carbons (Fsp3) is 0.571. The van der Waals surface area contributed by atoms with E-state index in [0.29, 0.717) is 0 Å². The van der Waals surface area contributed by atoms with Gasteiger partial charge in [0.25, 0.3) is 0 Å². The van der Waals surface area contributed by atoms with Gasteiger partial charge in [-0.3, -0.25) is 9.89 Å². The maximum atomic E-state index is 5.98. The van der Waals surface area contributed by atoms with Gasteiger partial charge >= 0.3 is 0 Å². The van der Waals surface area contributed by atoms with Gasteiger partial charge in [-0.05, 0) is 51.1 Å². The Hall–Kier alpha value is -1.88. The smallest absolute Gasteiger partial charge is 0.225 e. The number of aryl methyl sites for hydroxylation is 1. The van der Waals surface area contributed by atoms with Crippen LogP contribution in [0, 0.1) is 6.92 Å². The van der Waals surface area contributed by atoms with Crippen LogP contribution in [0.2, 0.25) is 0 Å². The van der Waals surface area contributed by atoms with Crippen molar-refractivity contribution < 1.29 is 4.42 Å². The molecule has 0 amide bonds. The molecule has 4 rings (SSSR count). The largest absolute Gasteiger partial charge is 0.465 e. The van der Waals surface area contributed by atoms with Crippen molar-refractivity contribution >= 4 is 35.9 Å². The number of furan rings is 1. The van der Waals surface area contributed by atoms with Crippen molar-refractivity contribution in [1.29, 1.82) is 0 Å². The molecule has 164 valence electrons. The highest BCUT2D eigenvalue weighted by molar-refractivity contribution is 14.0. The van der Waals surface area contributed by atoms with E-state index in [-0.39, 0.29) is 30.0 Å². The molecule has 1 atom stereocenters. The Balaban J connectivity index is 0.00000256. The number of rotatable bonds is 5. The molecule has 2 aromatic rings. The van der Waals surface area contributed by atoms with Gasteiger partial charge in [0, 0.05) is 52.2 Å². The minimum Gasteiger partial charge on any atom is -0.465 e. The van der Waals surface area contributed by atoms with Gasteiger partial charge in [0.15, 0.2) is 5.96 Å². The van der Waals surface area contributed by atoms with Gasteiger partial charge in [-0.2, -0.15) is 0 Å². The molecule has 0 aliphatic carbocycles. The van der Waals surface area contributed by atoms with Gasteiger partial charge in [0.1, 0.15) is 11.5 Å². The summed E-state index contributed by atoms with van der Waals surface area (Å²) in [4.78, 5) is 20.3. The minimum atomic E-state index is 0. The molecule has 0 radical (unpaired) electrons. The zero-order valence-electron chi connectivity index (χ0n) is 17.8. The number of piperazine rings is 1. The highest BCUT2D eigenvalue weighted by Crippen LogP contribution is 2.26. The van der Waals surface area contributed by atoms with Crippen LogP contribution in [-0.4, -0.2) is 78.6 Å². The van der Waals surface area contributed by atoms with Crippen molar-refractivity contribution in [2.75, 3.05) is 57.8 Å². The number of halogens is 1. The molecule has 1 unspecified atom stereocenters. The van der Waals surface area contributed by atoms with Gasteiger partial charge in [-0.1, -0.05) is 0 Å². The highest BCUT2D eigenvalue weighted by Gasteiger charge is 2.27. The first-order valence-electron chi connectivity index (χ1n) is 10.5. The van der Waals surface area contributed by atoms with E-state index < -0.39 is 0 Å². The third-order valence-corrected chi connectivity index (χ3v) is 5.75. The zero-order valence-corrected chi connectivity index (χ0v) is 20.2. The Morgan fingerprint density at radius 3 is 2.40 bits per heavy atom. The first-order chi connectivity index (χ1) is 14.2. The van der Waals surface area contributed by atoms with Crippen molar-refractivity contribution in [3.05, 3.63) is 42.1 Å². The molecular formula is C21H32IN7O. The second kappa shape index (κ2) is 10.9. The summed E-state index contributed by atoms with van der Waals surface area (Å²) in [5.41, 5.74) is 0. The predicted molar refractivity (Wildman–Crippen MR) is 130 cm³/mol. The number of nitrogens with one attached hydrogen (secondary N) is 1. The lowest BCUT2D eigenvalue weighted by Gasteiger charge is -2.37. The highest BCUT2D eigenvalue weighted by atomic mass is 127. The summed E-state index contributed by atoms with van der Waals surface area (Å²) in [6.07, 6.45) is 6.11. The van der Waals surface area contributed by atoms with Crippen LogP contribution in [0.25, 0.3) is 0 Å². The third kappa shape index (κ3) is 5.42. The first kappa shape index (κ1) is 22.8. The predicted octanol–water partition coefficient (Wildman–Crippen LogP) is 2.53. The summed E-state index contributed by atoms with van der Waals surface area (Å²) >= 11 is 0. The molecule has 4 heterocycles. The number of anilines is 1. The molecule has 9 heteroatoms. The second-order valence-corrected chi connectivity index (χ2v) is 7.66. The maximum Gasteiger partial charge on any atom is 0.225 e. The van der Waals surface area contributed by atoms with E-state index in [2.05, 4.69) is 47.1 Å². The summed E-state index contributed by atoms with van der Waals surface area (Å²) in [6, 6.07) is 6.25. The summed E-state index contributed by atoms with van der Waals surface area (Å²) in [7, 11) is 1.86. The van der Waals surface area contributed by atoms with E-state index in [0.717, 1.165) is 69.2 Å². The van der Waals surface area contributed by atoms with E-state index in [1.807, 2.05) is 20.0 Å². The molecule has 2 saturated heterocycles. The quantitative estimate of drug-likeness (QED) is 0.366. The molecule has 1 N–H and O–H groups in total. The van der Waals surface area contributed by atoms with Gasteiger partial charge in [-0.15, -0.1) is 24.0 Å². The molecule has 0 spiro atoms. The monoisotopic (exact) mass is 525 g/mol. The van der Waals surface area contributed by atoms with Crippen LogP contribution < -0.4 is 10.2 Å². The van der Waals surface area contributed by atoms with E-state index in [1.165, 1.54) is 12.8 Å². The van der Waals surface area contributed by atoms with Crippen LogP contribution in [0.4, 0.5) is 5.95 Å². The van der Waals surface area contributed by atoms with E-state index in [9.17, 15) is 0 Å². The maximum absolute atomic E-state index is 5.98. The Labute approximate surface area is 195 Å². The van der Waals surface area contributed by atoms with E-state index in [1.54, 1.807) is 12.4 Å². The van der Waals surface area contributed by atoms with Gasteiger partial charge < -0.3 is 19.5 Å². The number of aliphatic imine (C=N–C) groups is 1. The Morgan fingerprint density at radius 2 is 1.80 bits per heavy atom. The number of nitrogens with zero attached hydrogens (tertiary/aromatic N) is 6. The van der Waals surface area contributed by atoms with Crippen molar-refractivity contribution in [2.45, 2.75) is 25.8 Å². The molecule has 2 aromatic heterocycles. The summed E-state index contributed by atoms with van der Waals surface area (Å²) < 4.78 is 5.98. The zero-order chi connectivity index (χ0) is 20.1.